The van der Waals surface area contributed by atoms with Crippen LogP contribution in [0.1, 0.15) is 22.8 Å². The quantitative estimate of drug-likeness (QED) is 0.535. The molecule has 13 heavy (non-hydrogen) atoms. The Hall–Kier alpha value is -1.09. The summed E-state index contributed by atoms with van der Waals surface area (Å²) in [6.45, 7) is 3.38. The standard InChI is InChI=1S/C10H10O2S/c1-7-4-3-5-9(6-11)10(7)13-8(2)12/h3-6H,1-2H3. The van der Waals surface area contributed by atoms with Crippen LogP contribution in [0, 0.1) is 6.92 Å². The van der Waals surface area contributed by atoms with Gasteiger partial charge in [-0.1, -0.05) is 30.0 Å². The number of carbonyl (C=O) groups excluding carboxylic acids is 2. The van der Waals surface area contributed by atoms with Gasteiger partial charge in [-0.15, -0.1) is 0 Å². The zero-order valence-corrected chi connectivity index (χ0v) is 8.35. The number of carbonyl (C=O) groups is 2. The molecular formula is C10H10O2S. The zero-order valence-electron chi connectivity index (χ0n) is 7.53. The van der Waals surface area contributed by atoms with Crippen LogP contribution in [-0.2, 0) is 4.79 Å². The Morgan fingerprint density at radius 1 is 1.46 bits per heavy atom. The molecule has 0 bridgehead atoms. The van der Waals surface area contributed by atoms with E-state index < -0.39 is 0 Å². The SMILES string of the molecule is CC(=O)Sc1c(C)cccc1C=O. The average molecular weight is 194 g/mol. The summed E-state index contributed by atoms with van der Waals surface area (Å²) in [5, 5.41) is -0.00241. The van der Waals surface area contributed by atoms with Gasteiger partial charge in [-0.25, -0.2) is 0 Å². The van der Waals surface area contributed by atoms with E-state index in [1.807, 2.05) is 19.1 Å². The van der Waals surface area contributed by atoms with Crippen LogP contribution in [0.4, 0.5) is 0 Å². The Balaban J connectivity index is 3.14. The fraction of sp³-hybridized carbons (Fsp3) is 0.200. The second-order valence-electron chi connectivity index (χ2n) is 2.70. The van der Waals surface area contributed by atoms with E-state index >= 15 is 0 Å². The van der Waals surface area contributed by atoms with Gasteiger partial charge < -0.3 is 0 Å². The van der Waals surface area contributed by atoms with E-state index in [2.05, 4.69) is 0 Å². The maximum atomic E-state index is 10.9. The van der Waals surface area contributed by atoms with Crippen molar-refractivity contribution in [2.45, 2.75) is 18.7 Å². The van der Waals surface area contributed by atoms with Crippen molar-refractivity contribution in [1.29, 1.82) is 0 Å². The summed E-state index contributed by atoms with van der Waals surface area (Å²) in [4.78, 5) is 22.3. The van der Waals surface area contributed by atoms with Gasteiger partial charge in [-0.3, -0.25) is 9.59 Å². The molecule has 0 spiro atoms. The highest BCUT2D eigenvalue weighted by Gasteiger charge is 2.07. The lowest BCUT2D eigenvalue weighted by Crippen LogP contribution is -1.91. The molecule has 0 atom stereocenters. The van der Waals surface area contributed by atoms with Crippen LogP contribution >= 0.6 is 11.8 Å². The van der Waals surface area contributed by atoms with Crippen molar-refractivity contribution in [2.75, 3.05) is 0 Å². The summed E-state index contributed by atoms with van der Waals surface area (Å²) in [5.74, 6) is 0. The predicted octanol–water partition coefficient (Wildman–Crippen LogP) is 2.45. The Morgan fingerprint density at radius 2 is 2.15 bits per heavy atom. The normalized spacial score (nSPS) is 9.69. The average Bonchev–Trinajstić information content (AvgIpc) is 2.08. The summed E-state index contributed by atoms with van der Waals surface area (Å²) < 4.78 is 0. The maximum absolute atomic E-state index is 10.9. The summed E-state index contributed by atoms with van der Waals surface area (Å²) in [7, 11) is 0. The van der Waals surface area contributed by atoms with Gasteiger partial charge in [0.05, 0.1) is 0 Å². The molecule has 0 aromatic heterocycles. The van der Waals surface area contributed by atoms with Crippen LogP contribution in [0.15, 0.2) is 23.1 Å². The third-order valence-corrected chi connectivity index (χ3v) is 2.66. The van der Waals surface area contributed by atoms with Gasteiger partial charge in [0, 0.05) is 17.4 Å². The smallest absolute Gasteiger partial charge is 0.190 e. The molecule has 0 aliphatic carbocycles. The number of hydrogen-bond acceptors (Lipinski definition) is 3. The molecule has 0 fully saturated rings. The molecule has 3 heteroatoms. The van der Waals surface area contributed by atoms with Gasteiger partial charge in [0.1, 0.15) is 0 Å². The molecule has 1 aromatic rings. The van der Waals surface area contributed by atoms with Crippen LogP contribution in [0.25, 0.3) is 0 Å². The fourth-order valence-electron chi connectivity index (χ4n) is 1.05. The minimum absolute atomic E-state index is 0.00241. The van der Waals surface area contributed by atoms with Crippen molar-refractivity contribution >= 4 is 23.2 Å². The highest BCUT2D eigenvalue weighted by atomic mass is 32.2. The lowest BCUT2D eigenvalue weighted by atomic mass is 10.1. The van der Waals surface area contributed by atoms with Crippen molar-refractivity contribution in [3.63, 3.8) is 0 Å². The van der Waals surface area contributed by atoms with E-state index in [1.165, 1.54) is 6.92 Å². The van der Waals surface area contributed by atoms with Crippen molar-refractivity contribution in [2.24, 2.45) is 0 Å². The van der Waals surface area contributed by atoms with Gasteiger partial charge in [0.2, 0.25) is 0 Å². The van der Waals surface area contributed by atoms with Crippen LogP contribution in [-0.4, -0.2) is 11.4 Å². The second kappa shape index (κ2) is 4.23. The van der Waals surface area contributed by atoms with Crippen molar-refractivity contribution in [3.05, 3.63) is 29.3 Å². The lowest BCUT2D eigenvalue weighted by Gasteiger charge is -2.04. The Bertz CT molecular complexity index is 345. The number of rotatable bonds is 2. The number of hydrogen-bond donors (Lipinski definition) is 0. The van der Waals surface area contributed by atoms with Gasteiger partial charge in [-0.05, 0) is 12.5 Å². The Labute approximate surface area is 81.3 Å². The predicted molar refractivity (Wildman–Crippen MR) is 53.1 cm³/mol. The summed E-state index contributed by atoms with van der Waals surface area (Å²) in [6.07, 6.45) is 0.776. The number of aldehydes is 1. The molecule has 0 saturated heterocycles. The molecule has 0 saturated carbocycles. The molecule has 0 radical (unpaired) electrons. The molecule has 0 unspecified atom stereocenters. The molecular weight excluding hydrogens is 184 g/mol. The van der Waals surface area contributed by atoms with Crippen LogP contribution in [0.3, 0.4) is 0 Å². The monoisotopic (exact) mass is 194 g/mol. The highest BCUT2D eigenvalue weighted by molar-refractivity contribution is 8.13. The highest BCUT2D eigenvalue weighted by Crippen LogP contribution is 2.25. The van der Waals surface area contributed by atoms with E-state index in [1.54, 1.807) is 6.07 Å². The fourth-order valence-corrected chi connectivity index (χ4v) is 1.80. The maximum Gasteiger partial charge on any atom is 0.190 e. The minimum atomic E-state index is -0.00241. The first-order chi connectivity index (χ1) is 6.15. The molecule has 0 N–H and O–H groups in total. The van der Waals surface area contributed by atoms with E-state index in [-0.39, 0.29) is 5.12 Å². The summed E-state index contributed by atoms with van der Waals surface area (Å²) >= 11 is 1.11. The molecule has 0 amide bonds. The Morgan fingerprint density at radius 3 is 2.69 bits per heavy atom. The first-order valence-corrected chi connectivity index (χ1v) is 4.70. The van der Waals surface area contributed by atoms with E-state index in [0.717, 1.165) is 28.5 Å². The van der Waals surface area contributed by atoms with Gasteiger partial charge >= 0.3 is 0 Å². The number of benzene rings is 1. The van der Waals surface area contributed by atoms with Crippen molar-refractivity contribution in [3.8, 4) is 0 Å². The van der Waals surface area contributed by atoms with Gasteiger partial charge in [0.25, 0.3) is 0 Å². The molecule has 1 rings (SSSR count). The third-order valence-electron chi connectivity index (χ3n) is 1.62. The largest absolute Gasteiger partial charge is 0.298 e. The Kier molecular flexibility index (Phi) is 3.25. The van der Waals surface area contributed by atoms with Crippen molar-refractivity contribution in [1.82, 2.24) is 0 Å². The molecule has 0 aliphatic heterocycles. The molecule has 0 aliphatic rings. The van der Waals surface area contributed by atoms with E-state index in [0.29, 0.717) is 5.56 Å². The zero-order chi connectivity index (χ0) is 9.84. The first-order valence-electron chi connectivity index (χ1n) is 3.88. The van der Waals surface area contributed by atoms with E-state index in [4.69, 9.17) is 0 Å². The van der Waals surface area contributed by atoms with E-state index in [9.17, 15) is 9.59 Å². The molecule has 1 aromatic carbocycles. The molecule has 68 valence electrons. The summed E-state index contributed by atoms with van der Waals surface area (Å²) in [5.41, 5.74) is 1.55. The summed E-state index contributed by atoms with van der Waals surface area (Å²) in [6, 6.07) is 5.41. The number of aryl methyl sites for hydroxylation is 1. The molecule has 0 heterocycles. The topological polar surface area (TPSA) is 34.1 Å². The number of thioether (sulfide) groups is 1. The first kappa shape index (κ1) is 9.99. The lowest BCUT2D eigenvalue weighted by molar-refractivity contribution is -0.109. The van der Waals surface area contributed by atoms with Crippen LogP contribution in [0.2, 0.25) is 0 Å². The van der Waals surface area contributed by atoms with Gasteiger partial charge in [-0.2, -0.15) is 0 Å². The van der Waals surface area contributed by atoms with Crippen molar-refractivity contribution < 1.29 is 9.59 Å². The third kappa shape index (κ3) is 2.42. The molecule has 2 nitrogen and oxygen atoms in total. The minimum Gasteiger partial charge on any atom is -0.298 e. The van der Waals surface area contributed by atoms with Crippen LogP contribution < -0.4 is 0 Å². The van der Waals surface area contributed by atoms with Gasteiger partial charge in [0.15, 0.2) is 11.4 Å². The second-order valence-corrected chi connectivity index (χ2v) is 3.89. The van der Waals surface area contributed by atoms with Crippen LogP contribution in [0.5, 0.6) is 0 Å².